The molecule has 1 fully saturated rings. The number of ether oxygens (including phenoxy) is 1. The largest absolute Gasteiger partial charge is 0.369 e. The van der Waals surface area contributed by atoms with E-state index in [0.717, 1.165) is 19.0 Å². The van der Waals surface area contributed by atoms with Gasteiger partial charge in [0, 0.05) is 0 Å². The Hall–Kier alpha value is -0.0800. The lowest BCUT2D eigenvalue weighted by Crippen LogP contribution is -2.32. The third-order valence-corrected chi connectivity index (χ3v) is 3.87. The first-order valence-electron chi connectivity index (χ1n) is 7.18. The molecule has 0 radical (unpaired) electrons. The second-order valence-corrected chi connectivity index (χ2v) is 6.91. The molecule has 0 aromatic carbocycles. The molecule has 102 valence electrons. The number of hydrogen-bond donors (Lipinski definition) is 1. The Morgan fingerprint density at radius 1 is 1.29 bits per heavy atom. The van der Waals surface area contributed by atoms with Gasteiger partial charge in [-0.15, -0.1) is 0 Å². The average molecular weight is 241 g/mol. The summed E-state index contributed by atoms with van der Waals surface area (Å²) in [6, 6.07) is 0. The van der Waals surface area contributed by atoms with Gasteiger partial charge in [0.2, 0.25) is 0 Å². The predicted octanol–water partition coefficient (Wildman–Crippen LogP) is 3.61. The summed E-state index contributed by atoms with van der Waals surface area (Å²) in [6.07, 6.45) is 3.68. The van der Waals surface area contributed by atoms with Crippen molar-refractivity contribution in [2.24, 2.45) is 11.8 Å². The van der Waals surface area contributed by atoms with Crippen LogP contribution < -0.4 is 5.32 Å². The van der Waals surface area contributed by atoms with Crippen LogP contribution in [0, 0.1) is 11.8 Å². The first kappa shape index (κ1) is 15.0. The van der Waals surface area contributed by atoms with Crippen molar-refractivity contribution in [3.05, 3.63) is 0 Å². The minimum Gasteiger partial charge on any atom is -0.369 e. The van der Waals surface area contributed by atoms with Gasteiger partial charge in [-0.1, -0.05) is 13.8 Å². The number of nitrogens with one attached hydrogen (secondary N) is 1. The van der Waals surface area contributed by atoms with E-state index in [2.05, 4.69) is 46.9 Å². The quantitative estimate of drug-likeness (QED) is 0.717. The third-order valence-electron chi connectivity index (χ3n) is 3.87. The highest BCUT2D eigenvalue weighted by Crippen LogP contribution is 2.44. The first-order chi connectivity index (χ1) is 7.77. The monoisotopic (exact) mass is 241 g/mol. The molecule has 2 atom stereocenters. The zero-order valence-electron chi connectivity index (χ0n) is 12.6. The van der Waals surface area contributed by atoms with Gasteiger partial charge in [-0.25, -0.2) is 0 Å². The Morgan fingerprint density at radius 3 is 2.41 bits per heavy atom. The van der Waals surface area contributed by atoms with E-state index in [-0.39, 0.29) is 11.2 Å². The van der Waals surface area contributed by atoms with E-state index < -0.39 is 0 Å². The van der Waals surface area contributed by atoms with Crippen LogP contribution in [-0.4, -0.2) is 24.3 Å². The van der Waals surface area contributed by atoms with Crippen molar-refractivity contribution in [1.82, 2.24) is 5.32 Å². The molecule has 2 nitrogen and oxygen atoms in total. The molecule has 0 amide bonds. The molecule has 1 heterocycles. The maximum Gasteiger partial charge on any atom is 0.0662 e. The van der Waals surface area contributed by atoms with Gasteiger partial charge in [-0.2, -0.15) is 0 Å². The van der Waals surface area contributed by atoms with Crippen molar-refractivity contribution in [3.63, 3.8) is 0 Å². The van der Waals surface area contributed by atoms with Crippen molar-refractivity contribution in [3.8, 4) is 0 Å². The van der Waals surface area contributed by atoms with Crippen molar-refractivity contribution in [2.75, 3.05) is 13.1 Å². The lowest BCUT2D eigenvalue weighted by molar-refractivity contribution is -0.0762. The summed E-state index contributed by atoms with van der Waals surface area (Å²) >= 11 is 0. The molecule has 2 heteroatoms. The average Bonchev–Trinajstić information content (AvgIpc) is 2.34. The zero-order chi connectivity index (χ0) is 13.1. The molecule has 1 saturated heterocycles. The van der Waals surface area contributed by atoms with E-state index in [9.17, 15) is 0 Å². The molecule has 1 N–H and O–H groups in total. The Bertz CT molecular complexity index is 235. The molecular weight excluding hydrogens is 210 g/mol. The Kier molecular flexibility index (Phi) is 5.03. The molecule has 1 aliphatic rings. The third kappa shape index (κ3) is 4.59. The zero-order valence-corrected chi connectivity index (χ0v) is 12.6. The van der Waals surface area contributed by atoms with Crippen LogP contribution in [0.4, 0.5) is 0 Å². The van der Waals surface area contributed by atoms with Gasteiger partial charge in [0.15, 0.2) is 0 Å². The molecule has 0 spiro atoms. The van der Waals surface area contributed by atoms with Crippen LogP contribution in [0.25, 0.3) is 0 Å². The SMILES string of the molecule is CCCNCC(C)CC1CC(C)(C)OC1(C)C. The molecule has 0 aromatic rings. The minimum absolute atomic E-state index is 0.0442. The Labute approximate surface area is 108 Å². The number of rotatable bonds is 6. The van der Waals surface area contributed by atoms with Crippen LogP contribution in [-0.2, 0) is 4.74 Å². The van der Waals surface area contributed by atoms with Crippen LogP contribution in [0.1, 0.15) is 60.8 Å². The maximum atomic E-state index is 6.15. The van der Waals surface area contributed by atoms with Gasteiger partial charge in [-0.3, -0.25) is 0 Å². The molecule has 0 aliphatic carbocycles. The summed E-state index contributed by atoms with van der Waals surface area (Å²) in [5.74, 6) is 1.43. The van der Waals surface area contributed by atoms with Gasteiger partial charge >= 0.3 is 0 Å². The van der Waals surface area contributed by atoms with E-state index >= 15 is 0 Å². The van der Waals surface area contributed by atoms with Crippen molar-refractivity contribution >= 4 is 0 Å². The first-order valence-corrected chi connectivity index (χ1v) is 7.18. The van der Waals surface area contributed by atoms with Crippen molar-refractivity contribution in [2.45, 2.75) is 72.0 Å². The summed E-state index contributed by atoms with van der Waals surface area (Å²) in [4.78, 5) is 0. The second-order valence-electron chi connectivity index (χ2n) is 6.91. The molecule has 1 rings (SSSR count). The van der Waals surface area contributed by atoms with Gasteiger partial charge in [0.05, 0.1) is 11.2 Å². The normalized spacial score (nSPS) is 28.2. The number of hydrogen-bond acceptors (Lipinski definition) is 2. The van der Waals surface area contributed by atoms with E-state index in [0.29, 0.717) is 5.92 Å². The molecule has 0 saturated carbocycles. The van der Waals surface area contributed by atoms with Gasteiger partial charge in [-0.05, 0) is 71.9 Å². The predicted molar refractivity (Wildman–Crippen MR) is 74.3 cm³/mol. The highest BCUT2D eigenvalue weighted by atomic mass is 16.5. The Balaban J connectivity index is 2.40. The molecule has 1 aliphatic heterocycles. The van der Waals surface area contributed by atoms with Crippen LogP contribution in [0.2, 0.25) is 0 Å². The van der Waals surface area contributed by atoms with Gasteiger partial charge in [0.25, 0.3) is 0 Å². The van der Waals surface area contributed by atoms with Crippen LogP contribution in [0.15, 0.2) is 0 Å². The van der Waals surface area contributed by atoms with Crippen molar-refractivity contribution < 1.29 is 4.74 Å². The standard InChI is InChI=1S/C15H31NO/c1-7-8-16-11-12(2)9-13-10-14(3,4)17-15(13,5)6/h12-13,16H,7-11H2,1-6H3. The van der Waals surface area contributed by atoms with Crippen LogP contribution in [0.3, 0.4) is 0 Å². The smallest absolute Gasteiger partial charge is 0.0662 e. The second kappa shape index (κ2) is 5.71. The lowest BCUT2D eigenvalue weighted by atomic mass is 9.81. The molecule has 0 aromatic heterocycles. The fraction of sp³-hybridized carbons (Fsp3) is 1.00. The topological polar surface area (TPSA) is 21.3 Å². The molecule has 17 heavy (non-hydrogen) atoms. The van der Waals surface area contributed by atoms with Crippen molar-refractivity contribution in [1.29, 1.82) is 0 Å². The minimum atomic E-state index is 0.0442. The highest BCUT2D eigenvalue weighted by Gasteiger charge is 2.45. The summed E-state index contributed by atoms with van der Waals surface area (Å²) in [7, 11) is 0. The molecular formula is C15H31NO. The van der Waals surface area contributed by atoms with E-state index in [4.69, 9.17) is 4.74 Å². The molecule has 0 bridgehead atoms. The summed E-state index contributed by atoms with van der Waals surface area (Å²) < 4.78 is 6.15. The maximum absolute atomic E-state index is 6.15. The van der Waals surface area contributed by atoms with E-state index in [1.165, 1.54) is 19.3 Å². The van der Waals surface area contributed by atoms with E-state index in [1.807, 2.05) is 0 Å². The fourth-order valence-corrected chi connectivity index (χ4v) is 3.14. The van der Waals surface area contributed by atoms with Gasteiger partial charge < -0.3 is 10.1 Å². The van der Waals surface area contributed by atoms with E-state index in [1.54, 1.807) is 0 Å². The lowest BCUT2D eigenvalue weighted by Gasteiger charge is -2.29. The molecule has 2 unspecified atom stereocenters. The fourth-order valence-electron chi connectivity index (χ4n) is 3.14. The summed E-state index contributed by atoms with van der Waals surface area (Å²) in [6.45, 7) is 15.8. The van der Waals surface area contributed by atoms with Crippen LogP contribution in [0.5, 0.6) is 0 Å². The summed E-state index contributed by atoms with van der Waals surface area (Å²) in [5, 5.41) is 3.52. The van der Waals surface area contributed by atoms with Gasteiger partial charge in [0.1, 0.15) is 0 Å². The Morgan fingerprint density at radius 2 is 1.94 bits per heavy atom. The van der Waals surface area contributed by atoms with Crippen LogP contribution >= 0.6 is 0 Å². The highest BCUT2D eigenvalue weighted by molar-refractivity contribution is 4.94. The summed E-state index contributed by atoms with van der Waals surface area (Å²) in [5.41, 5.74) is 0.104.